The molecule has 0 aliphatic rings. The van der Waals surface area contributed by atoms with Crippen LogP contribution in [0.1, 0.15) is 12.5 Å². The molecule has 0 aliphatic heterocycles. The van der Waals surface area contributed by atoms with Crippen LogP contribution < -0.4 is 15.5 Å². The molecule has 1 aromatic carbocycles. The molecule has 2 rings (SSSR count). The van der Waals surface area contributed by atoms with Crippen molar-refractivity contribution in [3.05, 3.63) is 42.0 Å². The molecule has 0 bridgehead atoms. The van der Waals surface area contributed by atoms with Gasteiger partial charge < -0.3 is 15.5 Å². The van der Waals surface area contributed by atoms with E-state index in [9.17, 15) is 0 Å². The summed E-state index contributed by atoms with van der Waals surface area (Å²) in [5.74, 6) is 1.73. The number of anilines is 4. The van der Waals surface area contributed by atoms with Crippen molar-refractivity contribution in [2.24, 2.45) is 0 Å². The van der Waals surface area contributed by atoms with Gasteiger partial charge in [0.25, 0.3) is 0 Å². The fourth-order valence-corrected chi connectivity index (χ4v) is 2.10. The lowest BCUT2D eigenvalue weighted by Crippen LogP contribution is -2.10. The fraction of sp³-hybridized carbons (Fsp3) is 0.312. The first-order chi connectivity index (χ1) is 9.60. The maximum Gasteiger partial charge on any atom is 0.132 e. The summed E-state index contributed by atoms with van der Waals surface area (Å²) in [6, 6.07) is 12.3. The van der Waals surface area contributed by atoms with E-state index in [2.05, 4.69) is 66.7 Å². The summed E-state index contributed by atoms with van der Waals surface area (Å²) in [6.45, 7) is 5.04. The molecule has 0 amide bonds. The molecule has 0 saturated carbocycles. The molecule has 106 valence electrons. The van der Waals surface area contributed by atoms with E-state index in [-0.39, 0.29) is 0 Å². The zero-order valence-electron chi connectivity index (χ0n) is 12.6. The van der Waals surface area contributed by atoms with Crippen LogP contribution in [0.4, 0.5) is 23.0 Å². The van der Waals surface area contributed by atoms with Gasteiger partial charge in [-0.2, -0.15) is 0 Å². The molecule has 4 nitrogen and oxygen atoms in total. The number of hydrogen-bond acceptors (Lipinski definition) is 4. The summed E-state index contributed by atoms with van der Waals surface area (Å²) < 4.78 is 0. The van der Waals surface area contributed by atoms with Crippen LogP contribution in [-0.2, 0) is 0 Å². The molecule has 0 atom stereocenters. The molecule has 2 aromatic rings. The second-order valence-corrected chi connectivity index (χ2v) is 4.96. The van der Waals surface area contributed by atoms with Gasteiger partial charge >= 0.3 is 0 Å². The summed E-state index contributed by atoms with van der Waals surface area (Å²) in [5, 5.41) is 6.56. The third-order valence-corrected chi connectivity index (χ3v) is 3.07. The van der Waals surface area contributed by atoms with Crippen LogP contribution in [0.15, 0.2) is 36.4 Å². The van der Waals surface area contributed by atoms with Crippen molar-refractivity contribution in [3.8, 4) is 0 Å². The summed E-state index contributed by atoms with van der Waals surface area (Å²) in [7, 11) is 4.10. The van der Waals surface area contributed by atoms with Gasteiger partial charge in [0, 0.05) is 32.0 Å². The van der Waals surface area contributed by atoms with Crippen molar-refractivity contribution in [2.75, 3.05) is 36.2 Å². The van der Waals surface area contributed by atoms with E-state index in [1.807, 2.05) is 18.2 Å². The van der Waals surface area contributed by atoms with Crippen molar-refractivity contribution < 1.29 is 0 Å². The van der Waals surface area contributed by atoms with Gasteiger partial charge in [-0.05, 0) is 43.7 Å². The molecule has 0 radical (unpaired) electrons. The highest BCUT2D eigenvalue weighted by Crippen LogP contribution is 2.24. The average Bonchev–Trinajstić information content (AvgIpc) is 2.41. The zero-order chi connectivity index (χ0) is 14.5. The molecule has 20 heavy (non-hydrogen) atoms. The van der Waals surface area contributed by atoms with Gasteiger partial charge in [-0.15, -0.1) is 0 Å². The van der Waals surface area contributed by atoms with Crippen molar-refractivity contribution in [1.29, 1.82) is 0 Å². The molecule has 1 aromatic heterocycles. The van der Waals surface area contributed by atoms with E-state index in [1.165, 1.54) is 11.3 Å². The minimum Gasteiger partial charge on any atom is -0.377 e. The van der Waals surface area contributed by atoms with E-state index < -0.39 is 0 Å². The van der Waals surface area contributed by atoms with Crippen LogP contribution in [0, 0.1) is 6.92 Å². The molecule has 4 heteroatoms. The van der Waals surface area contributed by atoms with Gasteiger partial charge in [0.15, 0.2) is 0 Å². The van der Waals surface area contributed by atoms with Gasteiger partial charge in [-0.3, -0.25) is 0 Å². The van der Waals surface area contributed by atoms with Crippen molar-refractivity contribution in [1.82, 2.24) is 4.98 Å². The number of benzene rings is 1. The van der Waals surface area contributed by atoms with Crippen LogP contribution in [0.5, 0.6) is 0 Å². The molecule has 2 N–H and O–H groups in total. The zero-order valence-corrected chi connectivity index (χ0v) is 12.6. The molecule has 0 aliphatic carbocycles. The maximum absolute atomic E-state index is 4.52. The van der Waals surface area contributed by atoms with Crippen molar-refractivity contribution in [3.63, 3.8) is 0 Å². The Bertz CT molecular complexity index is 578. The minimum atomic E-state index is 0.844. The Morgan fingerprint density at radius 2 is 1.85 bits per heavy atom. The van der Waals surface area contributed by atoms with Gasteiger partial charge in [-0.1, -0.05) is 12.1 Å². The SMILES string of the molecule is CCNc1cccc(Nc2ccc(C)c(N(C)C)c2)n1. The smallest absolute Gasteiger partial charge is 0.132 e. The highest BCUT2D eigenvalue weighted by atomic mass is 15.1. The number of hydrogen-bond donors (Lipinski definition) is 2. The first-order valence-electron chi connectivity index (χ1n) is 6.86. The van der Waals surface area contributed by atoms with Gasteiger partial charge in [-0.25, -0.2) is 4.98 Å². The normalized spacial score (nSPS) is 10.2. The Kier molecular flexibility index (Phi) is 4.45. The molecule has 0 unspecified atom stereocenters. The first-order valence-corrected chi connectivity index (χ1v) is 6.86. The van der Waals surface area contributed by atoms with Crippen LogP contribution >= 0.6 is 0 Å². The molecule has 0 spiro atoms. The maximum atomic E-state index is 4.52. The monoisotopic (exact) mass is 270 g/mol. The van der Waals surface area contributed by atoms with E-state index in [1.54, 1.807) is 0 Å². The van der Waals surface area contributed by atoms with E-state index >= 15 is 0 Å². The fourth-order valence-electron chi connectivity index (χ4n) is 2.10. The quantitative estimate of drug-likeness (QED) is 0.870. The minimum absolute atomic E-state index is 0.844. The van der Waals surface area contributed by atoms with Crippen LogP contribution in [0.25, 0.3) is 0 Å². The second kappa shape index (κ2) is 6.28. The van der Waals surface area contributed by atoms with Gasteiger partial charge in [0.05, 0.1) is 0 Å². The van der Waals surface area contributed by atoms with Gasteiger partial charge in [0.1, 0.15) is 11.6 Å². The number of nitrogens with one attached hydrogen (secondary N) is 2. The highest BCUT2D eigenvalue weighted by Gasteiger charge is 2.03. The number of nitrogens with zero attached hydrogens (tertiary/aromatic N) is 2. The predicted molar refractivity (Wildman–Crippen MR) is 87.2 cm³/mol. The molecular weight excluding hydrogens is 248 g/mol. The third kappa shape index (κ3) is 3.41. The third-order valence-electron chi connectivity index (χ3n) is 3.07. The predicted octanol–water partition coefficient (Wildman–Crippen LogP) is 3.63. The Morgan fingerprint density at radius 1 is 1.10 bits per heavy atom. The largest absolute Gasteiger partial charge is 0.377 e. The summed E-state index contributed by atoms with van der Waals surface area (Å²) in [5.41, 5.74) is 3.51. The molecule has 0 fully saturated rings. The molecule has 0 saturated heterocycles. The standard InChI is InChI=1S/C16H22N4/c1-5-17-15-7-6-8-16(19-15)18-13-10-9-12(2)14(11-13)20(3)4/h6-11H,5H2,1-4H3,(H2,17,18,19). The van der Waals surface area contributed by atoms with E-state index in [0.717, 1.165) is 23.9 Å². The Labute approximate surface area is 120 Å². The Morgan fingerprint density at radius 3 is 2.55 bits per heavy atom. The first kappa shape index (κ1) is 14.2. The topological polar surface area (TPSA) is 40.2 Å². The summed E-state index contributed by atoms with van der Waals surface area (Å²) in [6.07, 6.45) is 0. The molecule has 1 heterocycles. The van der Waals surface area contributed by atoms with E-state index in [4.69, 9.17) is 0 Å². The summed E-state index contributed by atoms with van der Waals surface area (Å²) in [4.78, 5) is 6.63. The Hall–Kier alpha value is -2.23. The van der Waals surface area contributed by atoms with Crippen molar-refractivity contribution >= 4 is 23.0 Å². The number of pyridine rings is 1. The Balaban J connectivity index is 2.21. The number of aryl methyl sites for hydroxylation is 1. The van der Waals surface area contributed by atoms with Gasteiger partial charge in [0.2, 0.25) is 0 Å². The summed E-state index contributed by atoms with van der Waals surface area (Å²) >= 11 is 0. The van der Waals surface area contributed by atoms with Crippen LogP contribution in [0.3, 0.4) is 0 Å². The van der Waals surface area contributed by atoms with Crippen molar-refractivity contribution in [2.45, 2.75) is 13.8 Å². The van der Waals surface area contributed by atoms with Crippen LogP contribution in [0.2, 0.25) is 0 Å². The van der Waals surface area contributed by atoms with Crippen LogP contribution in [-0.4, -0.2) is 25.6 Å². The number of rotatable bonds is 5. The average molecular weight is 270 g/mol. The number of aromatic nitrogens is 1. The lowest BCUT2D eigenvalue weighted by molar-refractivity contribution is 1.11. The lowest BCUT2D eigenvalue weighted by Gasteiger charge is -2.17. The van der Waals surface area contributed by atoms with E-state index in [0.29, 0.717) is 0 Å². The lowest BCUT2D eigenvalue weighted by atomic mass is 10.1. The highest BCUT2D eigenvalue weighted by molar-refractivity contribution is 5.66. The second-order valence-electron chi connectivity index (χ2n) is 4.96. The molecular formula is C16H22N4.